The molecule has 2 aromatic rings. The Balaban J connectivity index is 2.07. The summed E-state index contributed by atoms with van der Waals surface area (Å²) in [4.78, 5) is 29.6. The van der Waals surface area contributed by atoms with E-state index >= 15 is 0 Å². The fourth-order valence-corrected chi connectivity index (χ4v) is 2.27. The molecule has 0 aliphatic rings. The number of hydrogen-bond donors (Lipinski definition) is 2. The Morgan fingerprint density at radius 3 is 2.83 bits per heavy atom. The molecule has 0 aromatic carbocycles. The molecular formula is C12H13N3O2S. The molecule has 1 atom stereocenters. The number of aromatic amines is 1. The number of carbonyl (C=O) groups excluding carboxylic acids is 1. The third-order valence-electron chi connectivity index (χ3n) is 2.40. The van der Waals surface area contributed by atoms with E-state index in [1.54, 1.807) is 0 Å². The van der Waals surface area contributed by atoms with E-state index in [1.165, 1.54) is 29.7 Å². The van der Waals surface area contributed by atoms with Crippen LogP contribution in [0.15, 0.2) is 28.5 Å². The third-order valence-corrected chi connectivity index (χ3v) is 3.55. The highest BCUT2D eigenvalue weighted by atomic mass is 32.1. The van der Waals surface area contributed by atoms with Gasteiger partial charge >= 0.3 is 0 Å². The van der Waals surface area contributed by atoms with E-state index in [9.17, 15) is 9.59 Å². The average molecular weight is 263 g/mol. The van der Waals surface area contributed by atoms with Crippen molar-refractivity contribution in [2.45, 2.75) is 19.9 Å². The number of rotatable bonds is 3. The Hall–Kier alpha value is -1.95. The molecule has 5 nitrogen and oxygen atoms in total. The highest BCUT2D eigenvalue weighted by Gasteiger charge is 2.13. The van der Waals surface area contributed by atoms with Crippen molar-refractivity contribution in [1.29, 1.82) is 0 Å². The molecule has 1 amide bonds. The van der Waals surface area contributed by atoms with Crippen LogP contribution in [0.3, 0.4) is 0 Å². The van der Waals surface area contributed by atoms with E-state index in [-0.39, 0.29) is 17.5 Å². The van der Waals surface area contributed by atoms with E-state index < -0.39 is 0 Å². The van der Waals surface area contributed by atoms with Crippen LogP contribution in [0.25, 0.3) is 0 Å². The van der Waals surface area contributed by atoms with Gasteiger partial charge in [0.15, 0.2) is 0 Å². The molecule has 0 saturated heterocycles. The lowest BCUT2D eigenvalue weighted by atomic mass is 10.2. The van der Waals surface area contributed by atoms with Crippen LogP contribution in [0.1, 0.15) is 34.0 Å². The minimum atomic E-state index is -0.230. The summed E-state index contributed by atoms with van der Waals surface area (Å²) >= 11 is 1.51. The fourth-order valence-electron chi connectivity index (χ4n) is 1.46. The molecular weight excluding hydrogens is 250 g/mol. The van der Waals surface area contributed by atoms with Crippen LogP contribution in [0, 0.1) is 6.92 Å². The van der Waals surface area contributed by atoms with Crippen LogP contribution in [0.4, 0.5) is 0 Å². The first-order valence-corrected chi connectivity index (χ1v) is 6.36. The van der Waals surface area contributed by atoms with Crippen molar-refractivity contribution in [3.63, 3.8) is 0 Å². The summed E-state index contributed by atoms with van der Waals surface area (Å²) in [7, 11) is 0. The van der Waals surface area contributed by atoms with Gasteiger partial charge in [-0.25, -0.2) is 4.98 Å². The number of pyridine rings is 1. The highest BCUT2D eigenvalue weighted by molar-refractivity contribution is 7.09. The molecule has 0 spiro atoms. The number of H-pyrrole nitrogens is 1. The molecule has 94 valence electrons. The maximum absolute atomic E-state index is 11.9. The zero-order valence-electron chi connectivity index (χ0n) is 10.1. The van der Waals surface area contributed by atoms with Crippen LogP contribution >= 0.6 is 11.3 Å². The van der Waals surface area contributed by atoms with E-state index in [1.807, 2.05) is 19.2 Å². The number of carbonyl (C=O) groups is 1. The van der Waals surface area contributed by atoms with Crippen molar-refractivity contribution >= 4 is 17.2 Å². The number of hydrogen-bond acceptors (Lipinski definition) is 4. The number of nitrogens with zero attached hydrogens (tertiary/aromatic N) is 1. The first-order valence-electron chi connectivity index (χ1n) is 5.48. The Labute approximate surface area is 108 Å². The summed E-state index contributed by atoms with van der Waals surface area (Å²) in [6.07, 6.45) is 1.40. The monoisotopic (exact) mass is 263 g/mol. The number of nitrogens with one attached hydrogen (secondary N) is 2. The summed E-state index contributed by atoms with van der Waals surface area (Å²) in [6, 6.07) is 2.67. The van der Waals surface area contributed by atoms with E-state index in [0.29, 0.717) is 5.56 Å². The average Bonchev–Trinajstić information content (AvgIpc) is 2.76. The van der Waals surface area contributed by atoms with Gasteiger partial charge in [-0.3, -0.25) is 9.59 Å². The number of aryl methyl sites for hydroxylation is 1. The van der Waals surface area contributed by atoms with Crippen molar-refractivity contribution in [3.8, 4) is 0 Å². The van der Waals surface area contributed by atoms with Crippen LogP contribution in [0.2, 0.25) is 0 Å². The predicted octanol–water partition coefficient (Wildman–Crippen LogP) is 1.63. The molecule has 18 heavy (non-hydrogen) atoms. The first-order chi connectivity index (χ1) is 8.56. The van der Waals surface area contributed by atoms with Crippen molar-refractivity contribution in [3.05, 3.63) is 50.3 Å². The van der Waals surface area contributed by atoms with Crippen molar-refractivity contribution in [2.75, 3.05) is 0 Å². The van der Waals surface area contributed by atoms with Crippen molar-refractivity contribution in [1.82, 2.24) is 15.3 Å². The minimum absolute atomic E-state index is 0.150. The lowest BCUT2D eigenvalue weighted by molar-refractivity contribution is 0.0939. The fraction of sp³-hybridized carbons (Fsp3) is 0.250. The Kier molecular flexibility index (Phi) is 3.57. The van der Waals surface area contributed by atoms with E-state index in [4.69, 9.17) is 0 Å². The van der Waals surface area contributed by atoms with Crippen LogP contribution in [-0.2, 0) is 0 Å². The maximum atomic E-state index is 11.9. The molecule has 6 heteroatoms. The molecule has 0 bridgehead atoms. The van der Waals surface area contributed by atoms with Crippen LogP contribution < -0.4 is 10.9 Å². The largest absolute Gasteiger partial charge is 0.343 e. The maximum Gasteiger partial charge on any atom is 0.253 e. The zero-order valence-corrected chi connectivity index (χ0v) is 10.9. The second-order valence-corrected chi connectivity index (χ2v) is 4.85. The molecule has 0 aliphatic heterocycles. The second kappa shape index (κ2) is 5.14. The second-order valence-electron chi connectivity index (χ2n) is 3.96. The van der Waals surface area contributed by atoms with Gasteiger partial charge in [0, 0.05) is 23.3 Å². The number of thiazole rings is 1. The van der Waals surface area contributed by atoms with Crippen molar-refractivity contribution in [2.24, 2.45) is 0 Å². The Morgan fingerprint density at radius 1 is 1.50 bits per heavy atom. The first kappa shape index (κ1) is 12.5. The quantitative estimate of drug-likeness (QED) is 0.883. The Morgan fingerprint density at radius 2 is 2.28 bits per heavy atom. The number of aromatic nitrogens is 2. The summed E-state index contributed by atoms with van der Waals surface area (Å²) < 4.78 is 0. The summed E-state index contributed by atoms with van der Waals surface area (Å²) in [5.74, 6) is -0.230. The molecule has 0 radical (unpaired) electrons. The van der Waals surface area contributed by atoms with Gasteiger partial charge < -0.3 is 10.3 Å². The summed E-state index contributed by atoms with van der Waals surface area (Å²) in [5, 5.41) is 5.64. The lowest BCUT2D eigenvalue weighted by Crippen LogP contribution is -2.27. The third kappa shape index (κ3) is 2.84. The van der Waals surface area contributed by atoms with Gasteiger partial charge in [-0.05, 0) is 19.9 Å². The van der Waals surface area contributed by atoms with Gasteiger partial charge in [0.1, 0.15) is 5.01 Å². The molecule has 2 heterocycles. The molecule has 2 rings (SSSR count). The van der Waals surface area contributed by atoms with Gasteiger partial charge in [-0.2, -0.15) is 0 Å². The molecule has 0 aliphatic carbocycles. The minimum Gasteiger partial charge on any atom is -0.343 e. The van der Waals surface area contributed by atoms with E-state index in [2.05, 4.69) is 15.3 Å². The van der Waals surface area contributed by atoms with Gasteiger partial charge in [0.2, 0.25) is 5.56 Å². The molecule has 2 aromatic heterocycles. The number of amides is 1. The molecule has 0 fully saturated rings. The lowest BCUT2D eigenvalue weighted by Gasteiger charge is -2.10. The van der Waals surface area contributed by atoms with E-state index in [0.717, 1.165) is 10.7 Å². The highest BCUT2D eigenvalue weighted by Crippen LogP contribution is 2.17. The molecule has 2 N–H and O–H groups in total. The summed E-state index contributed by atoms with van der Waals surface area (Å²) in [6.45, 7) is 3.79. The van der Waals surface area contributed by atoms with Crippen molar-refractivity contribution < 1.29 is 4.79 Å². The van der Waals surface area contributed by atoms with Gasteiger partial charge in [0.05, 0.1) is 11.6 Å². The topological polar surface area (TPSA) is 74.8 Å². The zero-order chi connectivity index (χ0) is 13.1. The standard InChI is InChI=1S/C12H13N3O2S/c1-7-6-18-12(14-7)8(2)15-11(17)9-3-4-10(16)13-5-9/h3-6,8H,1-2H3,(H,13,16)(H,15,17). The van der Waals surface area contributed by atoms with Gasteiger partial charge in [0.25, 0.3) is 5.91 Å². The van der Waals surface area contributed by atoms with Crippen LogP contribution in [0.5, 0.6) is 0 Å². The normalized spacial score (nSPS) is 12.1. The smallest absolute Gasteiger partial charge is 0.253 e. The SMILES string of the molecule is Cc1csc(C(C)NC(=O)c2ccc(=O)[nH]c2)n1. The van der Waals surface area contributed by atoms with Gasteiger partial charge in [-0.1, -0.05) is 0 Å². The predicted molar refractivity (Wildman–Crippen MR) is 69.8 cm³/mol. The molecule has 0 saturated carbocycles. The summed E-state index contributed by atoms with van der Waals surface area (Å²) in [5.41, 5.74) is 1.14. The Bertz CT molecular complexity index is 597. The van der Waals surface area contributed by atoms with Gasteiger partial charge in [-0.15, -0.1) is 11.3 Å². The van der Waals surface area contributed by atoms with Crippen LogP contribution in [-0.4, -0.2) is 15.9 Å². The molecule has 1 unspecified atom stereocenters.